The molecule has 3 fully saturated rings. The van der Waals surface area contributed by atoms with Crippen molar-refractivity contribution in [2.24, 2.45) is 5.92 Å². The van der Waals surface area contributed by atoms with E-state index in [9.17, 15) is 23.1 Å². The van der Waals surface area contributed by atoms with Gasteiger partial charge in [0.2, 0.25) is 21.8 Å². The lowest BCUT2D eigenvalue weighted by atomic mass is 9.80. The number of benzene rings is 1. The van der Waals surface area contributed by atoms with Crippen molar-refractivity contribution in [3.63, 3.8) is 0 Å². The SMILES string of the molecule is CCCCN1C(=O)C(C(O)C(C)C)NC(=O)C12CCN(Cc1c(C)nn(-c3ccc(S(=O)(=O)N4CCOCC4)cc3)c1C)CC2. The summed E-state index contributed by atoms with van der Waals surface area (Å²) >= 11 is 0. The summed E-state index contributed by atoms with van der Waals surface area (Å²) in [5, 5.41) is 18.4. The van der Waals surface area contributed by atoms with Crippen LogP contribution in [0.25, 0.3) is 5.69 Å². The molecule has 2 amide bonds. The molecular formula is C32H48N6O6S. The van der Waals surface area contributed by atoms with Crippen molar-refractivity contribution in [2.75, 3.05) is 45.9 Å². The second-order valence-corrected chi connectivity index (χ2v) is 14.8. The Hall–Kier alpha value is -2.84. The number of nitrogens with one attached hydrogen (secondary N) is 1. The van der Waals surface area contributed by atoms with E-state index in [1.807, 2.05) is 32.4 Å². The van der Waals surface area contributed by atoms with Crippen molar-refractivity contribution in [3.8, 4) is 5.69 Å². The number of aliphatic hydroxyl groups excluding tert-OH is 1. The number of carbonyl (C=O) groups is 2. The largest absolute Gasteiger partial charge is 0.390 e. The third kappa shape index (κ3) is 6.42. The van der Waals surface area contributed by atoms with Crippen LogP contribution in [0.1, 0.15) is 63.4 Å². The van der Waals surface area contributed by atoms with Crippen molar-refractivity contribution >= 4 is 21.8 Å². The molecule has 5 rings (SSSR count). The Morgan fingerprint density at radius 3 is 2.31 bits per heavy atom. The molecule has 3 aliphatic heterocycles. The first-order valence-corrected chi connectivity index (χ1v) is 17.6. The van der Waals surface area contributed by atoms with Gasteiger partial charge in [-0.3, -0.25) is 14.5 Å². The van der Waals surface area contributed by atoms with E-state index in [1.165, 1.54) is 4.31 Å². The van der Waals surface area contributed by atoms with Crippen LogP contribution in [-0.2, 0) is 30.9 Å². The molecule has 2 atom stereocenters. The van der Waals surface area contributed by atoms with Crippen molar-refractivity contribution in [1.29, 1.82) is 0 Å². The van der Waals surface area contributed by atoms with Crippen molar-refractivity contribution in [1.82, 2.24) is 29.2 Å². The number of ether oxygens (including phenoxy) is 1. The summed E-state index contributed by atoms with van der Waals surface area (Å²) in [6.45, 7) is 13.7. The molecule has 1 spiro atoms. The van der Waals surface area contributed by atoms with Gasteiger partial charge < -0.3 is 20.1 Å². The van der Waals surface area contributed by atoms with Gasteiger partial charge in [0.05, 0.1) is 35.6 Å². The van der Waals surface area contributed by atoms with E-state index in [1.54, 1.807) is 29.2 Å². The summed E-state index contributed by atoms with van der Waals surface area (Å²) in [6.07, 6.45) is 1.80. The molecule has 45 heavy (non-hydrogen) atoms. The van der Waals surface area contributed by atoms with Crippen LogP contribution in [0.5, 0.6) is 0 Å². The Bertz CT molecular complexity index is 1480. The number of aryl methyl sites for hydroxylation is 1. The average Bonchev–Trinajstić information content (AvgIpc) is 3.32. The van der Waals surface area contributed by atoms with Crippen LogP contribution in [0.15, 0.2) is 29.2 Å². The lowest BCUT2D eigenvalue weighted by molar-refractivity contribution is -0.165. The van der Waals surface area contributed by atoms with Gasteiger partial charge in [-0.2, -0.15) is 9.40 Å². The maximum Gasteiger partial charge on any atom is 0.248 e. The Balaban J connectivity index is 1.29. The quantitative estimate of drug-likeness (QED) is 0.401. The van der Waals surface area contributed by atoms with Crippen LogP contribution in [0.3, 0.4) is 0 Å². The summed E-state index contributed by atoms with van der Waals surface area (Å²) < 4.78 is 34.7. The topological polar surface area (TPSA) is 137 Å². The van der Waals surface area contributed by atoms with Crippen LogP contribution in [0, 0.1) is 19.8 Å². The first-order valence-electron chi connectivity index (χ1n) is 16.2. The summed E-state index contributed by atoms with van der Waals surface area (Å²) in [7, 11) is -3.58. The lowest BCUT2D eigenvalue weighted by Gasteiger charge is -2.52. The molecule has 1 aromatic heterocycles. The smallest absolute Gasteiger partial charge is 0.248 e. The highest BCUT2D eigenvalue weighted by molar-refractivity contribution is 7.89. The summed E-state index contributed by atoms with van der Waals surface area (Å²) in [5.41, 5.74) is 2.81. The second kappa shape index (κ2) is 13.5. The number of nitrogens with zero attached hydrogens (tertiary/aromatic N) is 5. The number of amides is 2. The predicted octanol–water partition coefficient (Wildman–Crippen LogP) is 1.99. The number of carbonyl (C=O) groups excluding carboxylic acids is 2. The minimum Gasteiger partial charge on any atom is -0.390 e. The van der Waals surface area contributed by atoms with Gasteiger partial charge in [-0.05, 0) is 63.3 Å². The van der Waals surface area contributed by atoms with Crippen LogP contribution < -0.4 is 5.32 Å². The molecule has 3 saturated heterocycles. The fourth-order valence-electron chi connectivity index (χ4n) is 6.75. The van der Waals surface area contributed by atoms with Crippen LogP contribution >= 0.6 is 0 Å². The average molecular weight is 645 g/mol. The third-order valence-electron chi connectivity index (χ3n) is 9.71. The molecule has 0 saturated carbocycles. The van der Waals surface area contributed by atoms with E-state index in [4.69, 9.17) is 9.84 Å². The Kier molecular flexibility index (Phi) is 10.0. The monoisotopic (exact) mass is 644 g/mol. The number of hydrogen-bond acceptors (Lipinski definition) is 8. The molecule has 0 radical (unpaired) electrons. The van der Waals surface area contributed by atoms with Gasteiger partial charge in [0.1, 0.15) is 11.6 Å². The number of hydrogen-bond donors (Lipinski definition) is 2. The van der Waals surface area contributed by atoms with Crippen molar-refractivity contribution in [3.05, 3.63) is 41.2 Å². The first kappa shape index (κ1) is 33.5. The zero-order valence-electron chi connectivity index (χ0n) is 27.2. The van der Waals surface area contributed by atoms with Gasteiger partial charge in [0, 0.05) is 50.5 Å². The molecule has 1 aromatic carbocycles. The molecule has 248 valence electrons. The van der Waals surface area contributed by atoms with Gasteiger partial charge in [-0.15, -0.1) is 0 Å². The number of sulfonamides is 1. The van der Waals surface area contributed by atoms with Gasteiger partial charge >= 0.3 is 0 Å². The summed E-state index contributed by atoms with van der Waals surface area (Å²) in [4.78, 5) is 31.6. The normalized spacial score (nSPS) is 22.3. The molecular weight excluding hydrogens is 596 g/mol. The number of piperidine rings is 1. The highest BCUT2D eigenvalue weighted by Gasteiger charge is 2.54. The highest BCUT2D eigenvalue weighted by Crippen LogP contribution is 2.35. The van der Waals surface area contributed by atoms with E-state index in [-0.39, 0.29) is 22.6 Å². The van der Waals surface area contributed by atoms with Gasteiger partial charge in [-0.25, -0.2) is 13.1 Å². The van der Waals surface area contributed by atoms with E-state index >= 15 is 0 Å². The van der Waals surface area contributed by atoms with Gasteiger partial charge in [0.25, 0.3) is 0 Å². The van der Waals surface area contributed by atoms with Crippen LogP contribution in [0.2, 0.25) is 0 Å². The Labute approximate surface area is 266 Å². The number of unbranched alkanes of at least 4 members (excludes halogenated alkanes) is 1. The number of aromatic nitrogens is 2. The molecule has 12 nitrogen and oxygen atoms in total. The van der Waals surface area contributed by atoms with E-state index in [2.05, 4.69) is 17.1 Å². The van der Waals surface area contributed by atoms with E-state index in [0.29, 0.717) is 65.3 Å². The zero-order valence-corrected chi connectivity index (χ0v) is 28.0. The van der Waals surface area contributed by atoms with E-state index < -0.39 is 27.7 Å². The number of likely N-dealkylation sites (tertiary alicyclic amines) is 1. The number of piperazine rings is 1. The predicted molar refractivity (Wildman–Crippen MR) is 169 cm³/mol. The molecule has 2 aromatic rings. The fourth-order valence-corrected chi connectivity index (χ4v) is 8.16. The number of morpholine rings is 1. The molecule has 4 heterocycles. The molecule has 13 heteroatoms. The molecule has 3 aliphatic rings. The minimum absolute atomic E-state index is 0.156. The Morgan fingerprint density at radius 2 is 1.71 bits per heavy atom. The zero-order chi connectivity index (χ0) is 32.5. The molecule has 0 aliphatic carbocycles. The Morgan fingerprint density at radius 1 is 1.07 bits per heavy atom. The van der Waals surface area contributed by atoms with Crippen molar-refractivity contribution < 1.29 is 27.9 Å². The lowest BCUT2D eigenvalue weighted by Crippen LogP contribution is -2.74. The number of aliphatic hydroxyl groups is 1. The maximum absolute atomic E-state index is 13.6. The molecule has 2 N–H and O–H groups in total. The highest BCUT2D eigenvalue weighted by atomic mass is 32.2. The number of rotatable bonds is 10. The fraction of sp³-hybridized carbons (Fsp3) is 0.656. The van der Waals surface area contributed by atoms with E-state index in [0.717, 1.165) is 35.5 Å². The van der Waals surface area contributed by atoms with Gasteiger partial charge in [0.15, 0.2) is 0 Å². The second-order valence-electron chi connectivity index (χ2n) is 12.9. The summed E-state index contributed by atoms with van der Waals surface area (Å²) in [6, 6.07) is 5.92. The maximum atomic E-state index is 13.6. The van der Waals surface area contributed by atoms with Crippen LogP contribution in [0.4, 0.5) is 0 Å². The minimum atomic E-state index is -3.58. The van der Waals surface area contributed by atoms with Crippen LogP contribution in [-0.4, -0.2) is 113 Å². The molecule has 0 bridgehead atoms. The first-order chi connectivity index (χ1) is 21.4. The van der Waals surface area contributed by atoms with Crippen molar-refractivity contribution in [2.45, 2.75) is 89.4 Å². The third-order valence-corrected chi connectivity index (χ3v) is 11.6. The summed E-state index contributed by atoms with van der Waals surface area (Å²) in [5.74, 6) is -0.507. The molecule has 2 unspecified atom stereocenters. The standard InChI is InChI=1S/C32H48N6O6S/c1-6-7-14-37-30(40)28(29(39)22(2)3)33-31(41)32(37)12-15-35(16-13-32)21-27-23(4)34-38(24(27)5)25-8-10-26(11-9-25)45(42,43)36-17-19-44-20-18-36/h8-11,22,28-29,39H,6-7,12-21H2,1-5H3,(H,33,41). The van der Waals surface area contributed by atoms with Gasteiger partial charge in [-0.1, -0.05) is 27.2 Å².